The Hall–Kier alpha value is -1.31. The van der Waals surface area contributed by atoms with Crippen LogP contribution < -0.4 is 5.32 Å². The van der Waals surface area contributed by atoms with E-state index in [4.69, 9.17) is 0 Å². The van der Waals surface area contributed by atoms with Gasteiger partial charge in [0, 0.05) is 5.70 Å². The van der Waals surface area contributed by atoms with Crippen LogP contribution in [-0.2, 0) is 4.79 Å². The minimum absolute atomic E-state index is 0.0267. The van der Waals surface area contributed by atoms with Crippen LogP contribution in [0.2, 0.25) is 0 Å². The van der Waals surface area contributed by atoms with Gasteiger partial charge in [-0.15, -0.1) is 0 Å². The van der Waals surface area contributed by atoms with Gasteiger partial charge < -0.3 is 5.32 Å². The first-order chi connectivity index (χ1) is 5.66. The van der Waals surface area contributed by atoms with Crippen LogP contribution >= 0.6 is 0 Å². The molecule has 0 aliphatic carbocycles. The summed E-state index contributed by atoms with van der Waals surface area (Å²) in [6.45, 7) is 7.38. The second kappa shape index (κ2) is 3.39. The predicted molar refractivity (Wildman–Crippen MR) is 49.3 cm³/mol. The molecule has 0 aromatic rings. The van der Waals surface area contributed by atoms with E-state index in [1.165, 1.54) is 0 Å². The summed E-state index contributed by atoms with van der Waals surface area (Å²) >= 11 is 0. The number of hydrogen-bond acceptors (Lipinski definition) is 1. The third kappa shape index (κ3) is 1.47. The lowest BCUT2D eigenvalue weighted by molar-refractivity contribution is -0.121. The zero-order chi connectivity index (χ0) is 9.14. The monoisotopic (exact) mass is 163 g/mol. The van der Waals surface area contributed by atoms with E-state index < -0.39 is 0 Å². The molecule has 0 saturated heterocycles. The minimum atomic E-state index is -0.0267. The summed E-state index contributed by atoms with van der Waals surface area (Å²) in [5.41, 5.74) is 2.01. The molecule has 0 fully saturated rings. The topological polar surface area (TPSA) is 29.1 Å². The highest BCUT2D eigenvalue weighted by Crippen LogP contribution is 2.21. The maximum Gasteiger partial charge on any atom is 0.231 e. The number of allylic oxidation sites excluding steroid dienone is 4. The van der Waals surface area contributed by atoms with Crippen molar-refractivity contribution in [2.45, 2.75) is 13.8 Å². The van der Waals surface area contributed by atoms with E-state index in [1.54, 1.807) is 6.08 Å². The van der Waals surface area contributed by atoms with Crippen LogP contribution in [0.5, 0.6) is 0 Å². The molecular weight excluding hydrogens is 150 g/mol. The average Bonchev–Trinajstić information content (AvgIpc) is 2.25. The van der Waals surface area contributed by atoms with Gasteiger partial charge in [0.1, 0.15) is 0 Å². The van der Waals surface area contributed by atoms with Crippen molar-refractivity contribution in [1.82, 2.24) is 5.32 Å². The standard InChI is InChI=1S/C10H13NO/c1-4-5-6-9-7(2)10(12)11-8(9)3/h4-7H,1H2,2-3H3,(H,11,12)/b6-5-. The normalized spacial score (nSPS) is 23.5. The van der Waals surface area contributed by atoms with E-state index >= 15 is 0 Å². The minimum Gasteiger partial charge on any atom is -0.329 e. The Morgan fingerprint density at radius 2 is 2.25 bits per heavy atom. The van der Waals surface area contributed by atoms with Gasteiger partial charge in [-0.3, -0.25) is 4.79 Å². The van der Waals surface area contributed by atoms with Crippen molar-refractivity contribution in [2.75, 3.05) is 0 Å². The van der Waals surface area contributed by atoms with E-state index in [2.05, 4.69) is 11.9 Å². The zero-order valence-corrected chi connectivity index (χ0v) is 7.42. The molecule has 2 nitrogen and oxygen atoms in total. The molecule has 12 heavy (non-hydrogen) atoms. The van der Waals surface area contributed by atoms with Crippen LogP contribution in [0.4, 0.5) is 0 Å². The van der Waals surface area contributed by atoms with Gasteiger partial charge in [0.25, 0.3) is 0 Å². The van der Waals surface area contributed by atoms with Crippen molar-refractivity contribution >= 4 is 5.91 Å². The first-order valence-corrected chi connectivity index (χ1v) is 3.97. The Bertz CT molecular complexity index is 274. The van der Waals surface area contributed by atoms with Crippen molar-refractivity contribution < 1.29 is 4.79 Å². The SMILES string of the molecule is C=C/C=C\C1=C(C)NC(=O)C1C. The summed E-state index contributed by atoms with van der Waals surface area (Å²) < 4.78 is 0. The molecule has 1 aliphatic rings. The largest absolute Gasteiger partial charge is 0.329 e. The van der Waals surface area contributed by atoms with E-state index in [1.807, 2.05) is 26.0 Å². The van der Waals surface area contributed by atoms with Gasteiger partial charge in [0.2, 0.25) is 5.91 Å². The second-order valence-corrected chi connectivity index (χ2v) is 2.89. The highest BCUT2D eigenvalue weighted by Gasteiger charge is 2.24. The molecule has 1 N–H and O–H groups in total. The van der Waals surface area contributed by atoms with Crippen molar-refractivity contribution in [3.8, 4) is 0 Å². The van der Waals surface area contributed by atoms with Crippen LogP contribution in [0.1, 0.15) is 13.8 Å². The van der Waals surface area contributed by atoms with E-state index in [0.29, 0.717) is 0 Å². The number of nitrogens with one attached hydrogen (secondary N) is 1. The summed E-state index contributed by atoms with van der Waals surface area (Å²) in [4.78, 5) is 11.1. The van der Waals surface area contributed by atoms with E-state index in [9.17, 15) is 4.79 Å². The number of hydrogen-bond donors (Lipinski definition) is 1. The predicted octanol–water partition coefficient (Wildman–Crippen LogP) is 1.77. The highest BCUT2D eigenvalue weighted by molar-refractivity contribution is 5.87. The Morgan fingerprint density at radius 3 is 2.67 bits per heavy atom. The number of carbonyl (C=O) groups excluding carboxylic acids is 1. The third-order valence-electron chi connectivity index (χ3n) is 2.02. The number of rotatable bonds is 2. The molecule has 1 atom stereocenters. The molecule has 0 aromatic carbocycles. The fraction of sp³-hybridized carbons (Fsp3) is 0.300. The zero-order valence-electron chi connectivity index (χ0n) is 7.42. The molecular formula is C10H13NO. The molecule has 1 unspecified atom stereocenters. The lowest BCUT2D eigenvalue weighted by Crippen LogP contribution is -2.18. The molecule has 64 valence electrons. The van der Waals surface area contributed by atoms with E-state index in [-0.39, 0.29) is 11.8 Å². The summed E-state index contributed by atoms with van der Waals surface area (Å²) in [6, 6.07) is 0. The molecule has 0 radical (unpaired) electrons. The van der Waals surface area contributed by atoms with Crippen LogP contribution in [-0.4, -0.2) is 5.91 Å². The Morgan fingerprint density at radius 1 is 1.58 bits per heavy atom. The molecule has 2 heteroatoms. The first kappa shape index (κ1) is 8.78. The fourth-order valence-corrected chi connectivity index (χ4v) is 1.27. The lowest BCUT2D eigenvalue weighted by Gasteiger charge is -1.99. The Labute approximate surface area is 72.7 Å². The third-order valence-corrected chi connectivity index (χ3v) is 2.02. The average molecular weight is 163 g/mol. The quantitative estimate of drug-likeness (QED) is 0.617. The van der Waals surface area contributed by atoms with E-state index in [0.717, 1.165) is 11.3 Å². The van der Waals surface area contributed by atoms with Crippen LogP contribution in [0.15, 0.2) is 36.1 Å². The van der Waals surface area contributed by atoms with Gasteiger partial charge >= 0.3 is 0 Å². The van der Waals surface area contributed by atoms with Crippen molar-refractivity contribution in [3.05, 3.63) is 36.1 Å². The van der Waals surface area contributed by atoms with Crippen LogP contribution in [0, 0.1) is 5.92 Å². The highest BCUT2D eigenvalue weighted by atomic mass is 16.2. The first-order valence-electron chi connectivity index (χ1n) is 3.97. The lowest BCUT2D eigenvalue weighted by atomic mass is 10.0. The van der Waals surface area contributed by atoms with Crippen molar-refractivity contribution in [1.29, 1.82) is 0 Å². The molecule has 0 saturated carbocycles. The number of carbonyl (C=O) groups is 1. The second-order valence-electron chi connectivity index (χ2n) is 2.89. The molecule has 0 bridgehead atoms. The molecule has 1 heterocycles. The van der Waals surface area contributed by atoms with Gasteiger partial charge in [-0.05, 0) is 19.4 Å². The number of amides is 1. The fourth-order valence-electron chi connectivity index (χ4n) is 1.27. The molecule has 1 aliphatic heterocycles. The van der Waals surface area contributed by atoms with Gasteiger partial charge in [0.15, 0.2) is 0 Å². The van der Waals surface area contributed by atoms with Crippen molar-refractivity contribution in [2.24, 2.45) is 5.92 Å². The maximum atomic E-state index is 11.1. The molecule has 1 rings (SSSR count). The summed E-state index contributed by atoms with van der Waals surface area (Å²) in [5.74, 6) is 0.0532. The smallest absolute Gasteiger partial charge is 0.231 e. The summed E-state index contributed by atoms with van der Waals surface area (Å²) in [6.07, 6.45) is 5.47. The summed E-state index contributed by atoms with van der Waals surface area (Å²) in [7, 11) is 0. The van der Waals surface area contributed by atoms with Crippen molar-refractivity contribution in [3.63, 3.8) is 0 Å². The Balaban J connectivity index is 2.87. The summed E-state index contributed by atoms with van der Waals surface area (Å²) in [5, 5.41) is 2.78. The van der Waals surface area contributed by atoms with Gasteiger partial charge in [-0.2, -0.15) is 0 Å². The Kier molecular flexibility index (Phi) is 2.48. The van der Waals surface area contributed by atoms with Crippen LogP contribution in [0.25, 0.3) is 0 Å². The van der Waals surface area contributed by atoms with Gasteiger partial charge in [-0.25, -0.2) is 0 Å². The molecule has 1 amide bonds. The molecule has 0 aromatic heterocycles. The molecule has 0 spiro atoms. The van der Waals surface area contributed by atoms with Gasteiger partial charge in [-0.1, -0.05) is 24.8 Å². The van der Waals surface area contributed by atoms with Crippen LogP contribution in [0.3, 0.4) is 0 Å². The maximum absolute atomic E-state index is 11.1. The van der Waals surface area contributed by atoms with Gasteiger partial charge in [0.05, 0.1) is 5.92 Å².